The molecule has 2 rings (SSSR count). The fourth-order valence-electron chi connectivity index (χ4n) is 1.97. The minimum absolute atomic E-state index is 0.251. The van der Waals surface area contributed by atoms with Gasteiger partial charge in [0.05, 0.1) is 6.61 Å². The molecule has 4 heteroatoms. The van der Waals surface area contributed by atoms with Gasteiger partial charge in [0.1, 0.15) is 18.2 Å². The van der Waals surface area contributed by atoms with Gasteiger partial charge in [-0.05, 0) is 37.4 Å². The second-order valence-corrected chi connectivity index (χ2v) is 4.15. The van der Waals surface area contributed by atoms with Crippen molar-refractivity contribution in [3.63, 3.8) is 0 Å². The smallest absolute Gasteiger partial charge is 0.179 e. The minimum atomic E-state index is -0.266. The van der Waals surface area contributed by atoms with Crippen molar-refractivity contribution in [2.24, 2.45) is 0 Å². The summed E-state index contributed by atoms with van der Waals surface area (Å²) in [6.07, 6.45) is 0. The highest BCUT2D eigenvalue weighted by Gasteiger charge is 2.50. The number of hydrogen-bond acceptors (Lipinski definition) is 3. The Morgan fingerprint density at radius 2 is 1.88 bits per heavy atom. The number of rotatable bonds is 6. The van der Waals surface area contributed by atoms with Crippen LogP contribution in [0.2, 0.25) is 0 Å². The van der Waals surface area contributed by atoms with Crippen molar-refractivity contribution in [3.05, 3.63) is 30.1 Å². The van der Waals surface area contributed by atoms with Crippen molar-refractivity contribution < 1.29 is 13.9 Å². The van der Waals surface area contributed by atoms with Crippen LogP contribution in [0, 0.1) is 5.82 Å². The number of nitrogens with zero attached hydrogens (tertiary/aromatic N) is 1. The van der Waals surface area contributed by atoms with Crippen molar-refractivity contribution in [3.8, 4) is 5.75 Å². The normalized spacial score (nSPS) is 22.8. The molecule has 0 bridgehead atoms. The first kappa shape index (κ1) is 12.3. The molecular formula is C13H18FNO2. The van der Waals surface area contributed by atoms with Gasteiger partial charge in [0.15, 0.2) is 5.72 Å². The van der Waals surface area contributed by atoms with E-state index in [1.54, 1.807) is 12.1 Å². The predicted molar refractivity (Wildman–Crippen MR) is 63.5 cm³/mol. The van der Waals surface area contributed by atoms with Gasteiger partial charge in [-0.1, -0.05) is 13.8 Å². The summed E-state index contributed by atoms with van der Waals surface area (Å²) in [5, 5.41) is 0. The molecule has 0 saturated carbocycles. The third-order valence-corrected chi connectivity index (χ3v) is 3.10. The Morgan fingerprint density at radius 3 is 2.35 bits per heavy atom. The first-order chi connectivity index (χ1) is 8.20. The summed E-state index contributed by atoms with van der Waals surface area (Å²) in [7, 11) is 0. The van der Waals surface area contributed by atoms with Gasteiger partial charge in [-0.15, -0.1) is 0 Å². The lowest BCUT2D eigenvalue weighted by Gasteiger charge is -2.26. The van der Waals surface area contributed by atoms with Crippen LogP contribution >= 0.6 is 0 Å². The monoisotopic (exact) mass is 239 g/mol. The Bertz CT molecular complexity index is 358. The molecule has 1 aromatic carbocycles. The van der Waals surface area contributed by atoms with E-state index in [2.05, 4.69) is 18.7 Å². The number of halogens is 1. The topological polar surface area (TPSA) is 25.0 Å². The number of benzene rings is 1. The van der Waals surface area contributed by atoms with E-state index in [4.69, 9.17) is 9.47 Å². The average Bonchev–Trinajstić information content (AvgIpc) is 3.11. The van der Waals surface area contributed by atoms with Crippen molar-refractivity contribution >= 4 is 0 Å². The van der Waals surface area contributed by atoms with E-state index in [-0.39, 0.29) is 11.5 Å². The number of hydrogen-bond donors (Lipinski definition) is 0. The third-order valence-electron chi connectivity index (χ3n) is 3.10. The summed E-state index contributed by atoms with van der Waals surface area (Å²) in [6, 6.07) is 6.06. The Labute approximate surface area is 101 Å². The van der Waals surface area contributed by atoms with Crippen LogP contribution in [-0.4, -0.2) is 36.9 Å². The van der Waals surface area contributed by atoms with E-state index in [0.29, 0.717) is 19.0 Å². The van der Waals surface area contributed by atoms with Gasteiger partial charge in [0, 0.05) is 0 Å². The molecule has 0 N–H and O–H groups in total. The summed E-state index contributed by atoms with van der Waals surface area (Å²) in [5.41, 5.74) is -0.266. The maximum absolute atomic E-state index is 12.7. The highest BCUT2D eigenvalue weighted by molar-refractivity contribution is 5.22. The van der Waals surface area contributed by atoms with Gasteiger partial charge < -0.3 is 9.47 Å². The minimum Gasteiger partial charge on any atom is -0.489 e. The Hall–Kier alpha value is -1.13. The number of epoxide rings is 1. The van der Waals surface area contributed by atoms with Crippen LogP contribution in [-0.2, 0) is 4.74 Å². The highest BCUT2D eigenvalue weighted by atomic mass is 19.1. The predicted octanol–water partition coefficient (Wildman–Crippen LogP) is 2.27. The average molecular weight is 239 g/mol. The van der Waals surface area contributed by atoms with Gasteiger partial charge >= 0.3 is 0 Å². The number of ether oxygens (including phenoxy) is 2. The summed E-state index contributed by atoms with van der Waals surface area (Å²) in [4.78, 5) is 2.23. The zero-order valence-corrected chi connectivity index (χ0v) is 10.3. The fourth-order valence-corrected chi connectivity index (χ4v) is 1.97. The standard InChI is InChI=1S/C13H18FNO2/c1-3-15(4-2)13(10-17-13)9-16-12-7-5-11(14)6-8-12/h5-8H,3-4,9-10H2,1-2H3. The van der Waals surface area contributed by atoms with Gasteiger partial charge in [-0.3, -0.25) is 4.90 Å². The van der Waals surface area contributed by atoms with E-state index >= 15 is 0 Å². The van der Waals surface area contributed by atoms with Crippen LogP contribution in [0.1, 0.15) is 13.8 Å². The molecule has 1 aromatic rings. The Morgan fingerprint density at radius 1 is 1.29 bits per heavy atom. The van der Waals surface area contributed by atoms with Crippen molar-refractivity contribution in [2.75, 3.05) is 26.3 Å². The van der Waals surface area contributed by atoms with Crippen molar-refractivity contribution in [1.29, 1.82) is 0 Å². The first-order valence-corrected chi connectivity index (χ1v) is 5.97. The van der Waals surface area contributed by atoms with Crippen LogP contribution in [0.25, 0.3) is 0 Å². The molecule has 1 atom stereocenters. The van der Waals surface area contributed by atoms with Crippen molar-refractivity contribution in [2.45, 2.75) is 19.6 Å². The van der Waals surface area contributed by atoms with Crippen LogP contribution in [0.5, 0.6) is 5.75 Å². The molecule has 0 aliphatic carbocycles. The lowest BCUT2D eigenvalue weighted by Crippen LogP contribution is -2.42. The number of likely N-dealkylation sites (N-methyl/N-ethyl adjacent to an activating group) is 1. The zero-order chi connectivity index (χ0) is 12.3. The molecular weight excluding hydrogens is 221 g/mol. The summed E-state index contributed by atoms with van der Waals surface area (Å²) in [6.45, 7) is 7.26. The van der Waals surface area contributed by atoms with Gasteiger partial charge in [-0.25, -0.2) is 4.39 Å². The second kappa shape index (κ2) is 5.02. The molecule has 17 heavy (non-hydrogen) atoms. The molecule has 1 heterocycles. The quantitative estimate of drug-likeness (QED) is 0.712. The fraction of sp³-hybridized carbons (Fsp3) is 0.538. The van der Waals surface area contributed by atoms with E-state index < -0.39 is 0 Å². The van der Waals surface area contributed by atoms with Gasteiger partial charge in [0.25, 0.3) is 0 Å². The molecule has 1 aliphatic heterocycles. The van der Waals surface area contributed by atoms with Crippen LogP contribution in [0.4, 0.5) is 4.39 Å². The SMILES string of the molecule is CCN(CC)C1(COc2ccc(F)cc2)CO1. The van der Waals surface area contributed by atoms with E-state index in [1.807, 2.05) is 0 Å². The molecule has 3 nitrogen and oxygen atoms in total. The summed E-state index contributed by atoms with van der Waals surface area (Å²) >= 11 is 0. The molecule has 1 unspecified atom stereocenters. The van der Waals surface area contributed by atoms with Crippen LogP contribution in [0.15, 0.2) is 24.3 Å². The van der Waals surface area contributed by atoms with E-state index in [0.717, 1.165) is 13.1 Å². The zero-order valence-electron chi connectivity index (χ0n) is 10.3. The largest absolute Gasteiger partial charge is 0.489 e. The first-order valence-electron chi connectivity index (χ1n) is 5.97. The third kappa shape index (κ3) is 2.76. The van der Waals surface area contributed by atoms with Crippen LogP contribution in [0.3, 0.4) is 0 Å². The molecule has 0 radical (unpaired) electrons. The lowest BCUT2D eigenvalue weighted by molar-refractivity contribution is 0.0425. The molecule has 94 valence electrons. The summed E-state index contributed by atoms with van der Waals surface area (Å²) < 4.78 is 23.9. The maximum atomic E-state index is 12.7. The second-order valence-electron chi connectivity index (χ2n) is 4.15. The van der Waals surface area contributed by atoms with Gasteiger partial charge in [-0.2, -0.15) is 0 Å². The molecule has 1 aliphatic rings. The molecule has 0 spiro atoms. The van der Waals surface area contributed by atoms with Crippen LogP contribution < -0.4 is 4.74 Å². The van der Waals surface area contributed by atoms with Gasteiger partial charge in [0.2, 0.25) is 0 Å². The van der Waals surface area contributed by atoms with E-state index in [1.165, 1.54) is 12.1 Å². The summed E-state index contributed by atoms with van der Waals surface area (Å²) in [5.74, 6) is 0.423. The molecule has 0 aromatic heterocycles. The Kier molecular flexibility index (Phi) is 3.64. The van der Waals surface area contributed by atoms with E-state index in [9.17, 15) is 4.39 Å². The Balaban J connectivity index is 1.91. The molecule has 1 fully saturated rings. The molecule has 0 amide bonds. The molecule has 1 saturated heterocycles. The highest BCUT2D eigenvalue weighted by Crippen LogP contribution is 2.31. The maximum Gasteiger partial charge on any atom is 0.179 e. The van der Waals surface area contributed by atoms with Crippen molar-refractivity contribution in [1.82, 2.24) is 4.90 Å². The lowest BCUT2D eigenvalue weighted by atomic mass is 10.3.